The van der Waals surface area contributed by atoms with Crippen LogP contribution in [0.1, 0.15) is 5.56 Å². The summed E-state index contributed by atoms with van der Waals surface area (Å²) in [5.74, 6) is 0.280. The highest BCUT2D eigenvalue weighted by molar-refractivity contribution is 5.94. The van der Waals surface area contributed by atoms with Crippen LogP contribution in [0.25, 0.3) is 22.0 Å². The van der Waals surface area contributed by atoms with Crippen molar-refractivity contribution in [1.82, 2.24) is 10.2 Å². The second kappa shape index (κ2) is 4.11. The summed E-state index contributed by atoms with van der Waals surface area (Å²) >= 11 is 0. The first-order valence-electron chi connectivity index (χ1n) is 5.76. The van der Waals surface area contributed by atoms with Crippen LogP contribution in [0.5, 0.6) is 5.75 Å². The minimum Gasteiger partial charge on any atom is -0.508 e. The van der Waals surface area contributed by atoms with Gasteiger partial charge in [0.15, 0.2) is 0 Å². The first kappa shape index (κ1) is 10.7. The number of aromatic nitrogens is 2. The van der Waals surface area contributed by atoms with Crippen LogP contribution in [0, 0.1) is 6.92 Å². The second-order valence-corrected chi connectivity index (χ2v) is 4.27. The Morgan fingerprint density at radius 1 is 1.00 bits per heavy atom. The molecule has 0 bridgehead atoms. The molecule has 0 aliphatic rings. The Labute approximate surface area is 105 Å². The summed E-state index contributed by atoms with van der Waals surface area (Å²) < 4.78 is 0. The number of phenols is 1. The number of aryl methyl sites for hydroxylation is 1. The molecule has 0 unspecified atom stereocenters. The maximum absolute atomic E-state index is 9.47. The van der Waals surface area contributed by atoms with E-state index in [-0.39, 0.29) is 5.75 Å². The molecule has 3 heteroatoms. The van der Waals surface area contributed by atoms with E-state index in [1.807, 2.05) is 37.3 Å². The van der Waals surface area contributed by atoms with E-state index in [1.165, 1.54) is 0 Å². The Morgan fingerprint density at radius 3 is 2.67 bits per heavy atom. The monoisotopic (exact) mass is 236 g/mol. The number of nitrogens with zero attached hydrogens (tertiary/aromatic N) is 2. The zero-order valence-electron chi connectivity index (χ0n) is 9.96. The molecule has 0 radical (unpaired) electrons. The molecule has 2 aromatic carbocycles. The van der Waals surface area contributed by atoms with Gasteiger partial charge in [0.05, 0.1) is 11.7 Å². The highest BCUT2D eigenvalue weighted by Crippen LogP contribution is 2.30. The van der Waals surface area contributed by atoms with Gasteiger partial charge in [-0.05, 0) is 36.2 Å². The molecule has 0 atom stereocenters. The highest BCUT2D eigenvalue weighted by Gasteiger charge is 2.07. The molecule has 0 amide bonds. The van der Waals surface area contributed by atoms with Gasteiger partial charge in [0.2, 0.25) is 0 Å². The molecule has 3 nitrogen and oxygen atoms in total. The maximum atomic E-state index is 9.47. The number of rotatable bonds is 1. The molecular formula is C15H12N2O. The van der Waals surface area contributed by atoms with Gasteiger partial charge in [0.25, 0.3) is 0 Å². The van der Waals surface area contributed by atoms with Crippen LogP contribution in [0.15, 0.2) is 48.7 Å². The van der Waals surface area contributed by atoms with E-state index in [1.54, 1.807) is 18.3 Å². The van der Waals surface area contributed by atoms with Gasteiger partial charge in [-0.15, -0.1) is 0 Å². The molecular weight excluding hydrogens is 224 g/mol. The molecule has 0 saturated heterocycles. The topological polar surface area (TPSA) is 46.0 Å². The van der Waals surface area contributed by atoms with Crippen LogP contribution in [0.3, 0.4) is 0 Å². The lowest BCUT2D eigenvalue weighted by molar-refractivity contribution is 0.475. The van der Waals surface area contributed by atoms with E-state index in [0.717, 1.165) is 27.6 Å². The normalized spacial score (nSPS) is 10.7. The van der Waals surface area contributed by atoms with Gasteiger partial charge >= 0.3 is 0 Å². The Morgan fingerprint density at radius 2 is 1.83 bits per heavy atom. The van der Waals surface area contributed by atoms with Crippen LogP contribution in [-0.2, 0) is 0 Å². The summed E-state index contributed by atoms with van der Waals surface area (Å²) in [5, 5.41) is 18.7. The Hall–Kier alpha value is -2.42. The van der Waals surface area contributed by atoms with E-state index in [9.17, 15) is 5.11 Å². The van der Waals surface area contributed by atoms with Gasteiger partial charge in [-0.25, -0.2) is 0 Å². The van der Waals surface area contributed by atoms with Crippen molar-refractivity contribution in [1.29, 1.82) is 0 Å². The first-order valence-corrected chi connectivity index (χ1v) is 5.76. The standard InChI is InChI=1S/C15H12N2O/c1-10-8-11(18)6-7-12(10)14-9-16-17-15-5-3-2-4-13(14)15/h2-9,18H,1H3. The summed E-state index contributed by atoms with van der Waals surface area (Å²) in [4.78, 5) is 0. The third kappa shape index (κ3) is 1.70. The molecule has 1 N–H and O–H groups in total. The largest absolute Gasteiger partial charge is 0.508 e. The van der Waals surface area contributed by atoms with E-state index in [2.05, 4.69) is 10.2 Å². The molecule has 1 heterocycles. The quantitative estimate of drug-likeness (QED) is 0.705. The molecule has 0 fully saturated rings. The van der Waals surface area contributed by atoms with Crippen LogP contribution in [0.2, 0.25) is 0 Å². The minimum absolute atomic E-state index is 0.280. The van der Waals surface area contributed by atoms with Gasteiger partial charge in [-0.3, -0.25) is 0 Å². The molecule has 3 aromatic rings. The Bertz CT molecular complexity index is 717. The minimum atomic E-state index is 0.280. The second-order valence-electron chi connectivity index (χ2n) is 4.27. The number of benzene rings is 2. The highest BCUT2D eigenvalue weighted by atomic mass is 16.3. The molecule has 0 saturated carbocycles. The average molecular weight is 236 g/mol. The van der Waals surface area contributed by atoms with Crippen molar-refractivity contribution in [2.75, 3.05) is 0 Å². The van der Waals surface area contributed by atoms with Crippen LogP contribution >= 0.6 is 0 Å². The molecule has 1 aromatic heterocycles. The first-order chi connectivity index (χ1) is 8.75. The summed E-state index contributed by atoms with van der Waals surface area (Å²) in [6.07, 6.45) is 1.77. The zero-order chi connectivity index (χ0) is 12.5. The van der Waals surface area contributed by atoms with E-state index >= 15 is 0 Å². The lowest BCUT2D eigenvalue weighted by atomic mass is 9.98. The SMILES string of the molecule is Cc1cc(O)ccc1-c1cnnc2ccccc12. The maximum Gasteiger partial charge on any atom is 0.115 e. The van der Waals surface area contributed by atoms with Crippen molar-refractivity contribution in [3.05, 3.63) is 54.2 Å². The van der Waals surface area contributed by atoms with Crippen molar-refractivity contribution in [3.8, 4) is 16.9 Å². The number of hydrogen-bond acceptors (Lipinski definition) is 3. The van der Waals surface area contributed by atoms with Crippen molar-refractivity contribution in [3.63, 3.8) is 0 Å². The smallest absolute Gasteiger partial charge is 0.115 e. The number of phenolic OH excluding ortho intramolecular Hbond substituents is 1. The summed E-state index contributed by atoms with van der Waals surface area (Å²) in [6.45, 7) is 1.98. The predicted octanol–water partition coefficient (Wildman–Crippen LogP) is 3.31. The van der Waals surface area contributed by atoms with E-state index in [0.29, 0.717) is 0 Å². The van der Waals surface area contributed by atoms with Crippen LogP contribution in [-0.4, -0.2) is 15.3 Å². The fourth-order valence-corrected chi connectivity index (χ4v) is 2.17. The van der Waals surface area contributed by atoms with Gasteiger partial charge in [-0.1, -0.05) is 24.3 Å². The average Bonchev–Trinajstić information content (AvgIpc) is 2.38. The number of aromatic hydroxyl groups is 1. The lowest BCUT2D eigenvalue weighted by Gasteiger charge is -2.08. The predicted molar refractivity (Wildman–Crippen MR) is 71.4 cm³/mol. The van der Waals surface area contributed by atoms with Crippen molar-refractivity contribution in [2.24, 2.45) is 0 Å². The van der Waals surface area contributed by atoms with Crippen molar-refractivity contribution >= 4 is 10.9 Å². The van der Waals surface area contributed by atoms with Gasteiger partial charge in [0.1, 0.15) is 5.75 Å². The van der Waals surface area contributed by atoms with Crippen LogP contribution in [0.4, 0.5) is 0 Å². The summed E-state index contributed by atoms with van der Waals surface area (Å²) in [7, 11) is 0. The van der Waals surface area contributed by atoms with Gasteiger partial charge in [-0.2, -0.15) is 10.2 Å². The molecule has 18 heavy (non-hydrogen) atoms. The van der Waals surface area contributed by atoms with Gasteiger partial charge in [0, 0.05) is 10.9 Å². The number of fused-ring (bicyclic) bond motifs is 1. The lowest BCUT2D eigenvalue weighted by Crippen LogP contribution is -1.89. The Balaban J connectivity index is 2.31. The summed E-state index contributed by atoms with van der Waals surface area (Å²) in [6, 6.07) is 13.3. The fourth-order valence-electron chi connectivity index (χ4n) is 2.17. The molecule has 88 valence electrons. The van der Waals surface area contributed by atoms with Gasteiger partial charge < -0.3 is 5.11 Å². The van der Waals surface area contributed by atoms with Crippen LogP contribution < -0.4 is 0 Å². The Kier molecular flexibility index (Phi) is 2.45. The fraction of sp³-hybridized carbons (Fsp3) is 0.0667. The third-order valence-electron chi connectivity index (χ3n) is 3.05. The number of hydrogen-bond donors (Lipinski definition) is 1. The zero-order valence-corrected chi connectivity index (χ0v) is 9.96. The molecule has 0 aliphatic carbocycles. The molecule has 0 aliphatic heterocycles. The summed E-state index contributed by atoms with van der Waals surface area (Å²) in [5.41, 5.74) is 4.01. The van der Waals surface area contributed by atoms with E-state index < -0.39 is 0 Å². The molecule has 3 rings (SSSR count). The van der Waals surface area contributed by atoms with Crippen molar-refractivity contribution < 1.29 is 5.11 Å². The van der Waals surface area contributed by atoms with Crippen molar-refractivity contribution in [2.45, 2.75) is 6.92 Å². The third-order valence-corrected chi connectivity index (χ3v) is 3.05. The van der Waals surface area contributed by atoms with E-state index in [4.69, 9.17) is 0 Å². The molecule has 0 spiro atoms.